The highest BCUT2D eigenvalue weighted by atomic mass is 79.9. The third kappa shape index (κ3) is 6.63. The van der Waals surface area contributed by atoms with Gasteiger partial charge in [0.15, 0.2) is 0 Å². The summed E-state index contributed by atoms with van der Waals surface area (Å²) in [6.45, 7) is 5.65. The summed E-state index contributed by atoms with van der Waals surface area (Å²) in [5, 5.41) is 3.05. The van der Waals surface area contributed by atoms with Crippen LogP contribution in [0.1, 0.15) is 31.9 Å². The zero-order valence-corrected chi connectivity index (χ0v) is 21.3. The molecule has 33 heavy (non-hydrogen) atoms. The van der Waals surface area contributed by atoms with Crippen molar-refractivity contribution in [1.29, 1.82) is 0 Å². The Morgan fingerprint density at radius 1 is 1.36 bits per heavy atom. The number of allylic oxidation sites excluding steroid dienone is 1. The van der Waals surface area contributed by atoms with E-state index in [9.17, 15) is 14.4 Å². The van der Waals surface area contributed by atoms with E-state index in [0.717, 1.165) is 4.47 Å². The summed E-state index contributed by atoms with van der Waals surface area (Å²) in [6.07, 6.45) is 6.12. The molecule has 4 unspecified atom stereocenters. The zero-order valence-electron chi connectivity index (χ0n) is 18.8. The van der Waals surface area contributed by atoms with Crippen LogP contribution in [-0.4, -0.2) is 35.3 Å². The lowest BCUT2D eigenvalue weighted by atomic mass is 9.90. The zero-order chi connectivity index (χ0) is 24.2. The standard InChI is InChI=1S/C22H27BrN3O6P/c1-14-12-26(21(29)24-19(14)27)17-9-10-22(3,11-17)13-31-33(25-15(2)20(28)30-4)32-18-7-5-16(23)6-8-18/h5-10,12,15,17,25H,11,13H2,1-4H3,(H,24,27,29). The molecule has 0 amide bonds. The van der Waals surface area contributed by atoms with Crippen molar-refractivity contribution >= 4 is 30.4 Å². The number of hydrogen-bond donors (Lipinski definition) is 2. The van der Waals surface area contributed by atoms with Crippen LogP contribution < -0.4 is 20.9 Å². The van der Waals surface area contributed by atoms with Gasteiger partial charge in [-0.25, -0.2) is 9.88 Å². The molecule has 9 nitrogen and oxygen atoms in total. The number of nitrogens with zero attached hydrogens (tertiary/aromatic N) is 1. The first-order valence-corrected chi connectivity index (χ1v) is 12.3. The summed E-state index contributed by atoms with van der Waals surface area (Å²) in [6, 6.07) is 6.46. The molecule has 2 N–H and O–H groups in total. The quantitative estimate of drug-likeness (QED) is 0.284. The van der Waals surface area contributed by atoms with Gasteiger partial charge in [-0.15, -0.1) is 0 Å². The number of ether oxygens (including phenoxy) is 1. The Morgan fingerprint density at radius 2 is 2.06 bits per heavy atom. The molecule has 1 aromatic heterocycles. The van der Waals surface area contributed by atoms with Crippen LogP contribution >= 0.6 is 24.5 Å². The summed E-state index contributed by atoms with van der Waals surface area (Å²) >= 11 is 3.39. The van der Waals surface area contributed by atoms with Gasteiger partial charge < -0.3 is 13.8 Å². The molecule has 1 aromatic carbocycles. The van der Waals surface area contributed by atoms with Gasteiger partial charge >= 0.3 is 20.2 Å². The number of esters is 1. The Hall–Kier alpha value is -2.26. The predicted molar refractivity (Wildman–Crippen MR) is 129 cm³/mol. The second kappa shape index (κ2) is 10.8. The first-order valence-electron chi connectivity index (χ1n) is 10.3. The molecule has 178 valence electrons. The molecule has 4 atom stereocenters. The molecule has 0 aliphatic heterocycles. The molecule has 2 aromatic rings. The Bertz CT molecular complexity index is 1130. The third-order valence-electron chi connectivity index (χ3n) is 5.27. The van der Waals surface area contributed by atoms with Gasteiger partial charge in [-0.05, 0) is 44.5 Å². The third-order valence-corrected chi connectivity index (χ3v) is 7.13. The average molecular weight is 540 g/mol. The molecule has 0 radical (unpaired) electrons. The Labute approximate surface area is 201 Å². The lowest BCUT2D eigenvalue weighted by molar-refractivity contribution is -0.142. The fourth-order valence-corrected chi connectivity index (χ4v) is 4.95. The van der Waals surface area contributed by atoms with Crippen LogP contribution in [0.5, 0.6) is 5.75 Å². The largest absolute Gasteiger partial charge is 0.468 e. The molecular formula is C22H27BrN3O6P. The first-order chi connectivity index (χ1) is 15.6. The second-order valence-electron chi connectivity index (χ2n) is 8.21. The highest BCUT2D eigenvalue weighted by Crippen LogP contribution is 2.43. The van der Waals surface area contributed by atoms with E-state index in [4.69, 9.17) is 13.8 Å². The smallest absolute Gasteiger partial charge is 0.328 e. The van der Waals surface area contributed by atoms with Gasteiger partial charge in [0.1, 0.15) is 11.8 Å². The van der Waals surface area contributed by atoms with Gasteiger partial charge in [0.2, 0.25) is 0 Å². The fourth-order valence-electron chi connectivity index (χ4n) is 3.36. The minimum Gasteiger partial charge on any atom is -0.468 e. The monoisotopic (exact) mass is 539 g/mol. The molecular weight excluding hydrogens is 513 g/mol. The van der Waals surface area contributed by atoms with E-state index in [0.29, 0.717) is 24.3 Å². The number of methoxy groups -OCH3 is 1. The molecule has 0 saturated heterocycles. The van der Waals surface area contributed by atoms with Crippen LogP contribution in [0.15, 0.2) is 56.7 Å². The molecule has 0 spiro atoms. The van der Waals surface area contributed by atoms with E-state index in [1.165, 1.54) is 11.7 Å². The van der Waals surface area contributed by atoms with E-state index >= 15 is 0 Å². The van der Waals surface area contributed by atoms with Crippen LogP contribution in [0.4, 0.5) is 0 Å². The summed E-state index contributed by atoms with van der Waals surface area (Å²) in [5.41, 5.74) is -0.737. The maximum absolute atomic E-state index is 12.3. The number of carbonyl (C=O) groups is 1. The number of H-pyrrole nitrogens is 1. The SMILES string of the molecule is COC(=O)C(C)NP(OCC1(C)C=CC(n2cc(C)c(=O)[nH]c2=O)C1)Oc1ccc(Br)cc1. The number of carbonyl (C=O) groups excluding carboxylic acids is 1. The van der Waals surface area contributed by atoms with Crippen LogP contribution in [0.25, 0.3) is 0 Å². The molecule has 1 heterocycles. The number of aromatic nitrogens is 2. The molecule has 0 fully saturated rings. The highest BCUT2D eigenvalue weighted by Gasteiger charge is 2.34. The van der Waals surface area contributed by atoms with Crippen LogP contribution in [0.2, 0.25) is 0 Å². The number of hydrogen-bond acceptors (Lipinski definition) is 7. The Kier molecular flexibility index (Phi) is 8.28. The van der Waals surface area contributed by atoms with E-state index in [-0.39, 0.29) is 17.0 Å². The molecule has 3 rings (SSSR count). The molecule has 0 saturated carbocycles. The minimum absolute atomic E-state index is 0.206. The minimum atomic E-state index is -1.67. The molecule has 1 aliphatic carbocycles. The summed E-state index contributed by atoms with van der Waals surface area (Å²) < 4.78 is 19.3. The normalized spacial score (nSPS) is 21.5. The van der Waals surface area contributed by atoms with Gasteiger partial charge in [-0.1, -0.05) is 35.0 Å². The van der Waals surface area contributed by atoms with Crippen molar-refractivity contribution in [1.82, 2.24) is 14.6 Å². The highest BCUT2D eigenvalue weighted by molar-refractivity contribution is 9.10. The van der Waals surface area contributed by atoms with Crippen LogP contribution in [-0.2, 0) is 14.1 Å². The maximum atomic E-state index is 12.3. The van der Waals surface area contributed by atoms with Crippen molar-refractivity contribution < 1.29 is 18.6 Å². The van der Waals surface area contributed by atoms with E-state index < -0.39 is 26.2 Å². The number of aryl methyl sites for hydroxylation is 1. The lowest BCUT2D eigenvalue weighted by Gasteiger charge is -2.28. The van der Waals surface area contributed by atoms with Crippen molar-refractivity contribution in [2.75, 3.05) is 13.7 Å². The number of aromatic amines is 1. The fraction of sp³-hybridized carbons (Fsp3) is 0.409. The van der Waals surface area contributed by atoms with Gasteiger partial charge in [0.05, 0.1) is 19.8 Å². The molecule has 0 bridgehead atoms. The van der Waals surface area contributed by atoms with Crippen molar-refractivity contribution in [3.8, 4) is 5.75 Å². The first kappa shape index (κ1) is 25.4. The second-order valence-corrected chi connectivity index (χ2v) is 10.3. The molecule has 11 heteroatoms. The topological polar surface area (TPSA) is 112 Å². The maximum Gasteiger partial charge on any atom is 0.328 e. The average Bonchev–Trinajstić information content (AvgIpc) is 3.17. The van der Waals surface area contributed by atoms with Crippen molar-refractivity contribution in [2.45, 2.75) is 39.3 Å². The number of rotatable bonds is 9. The van der Waals surface area contributed by atoms with E-state index in [1.807, 2.05) is 31.2 Å². The van der Waals surface area contributed by atoms with Gasteiger partial charge in [-0.3, -0.25) is 19.1 Å². The van der Waals surface area contributed by atoms with Crippen molar-refractivity contribution in [2.24, 2.45) is 5.41 Å². The van der Waals surface area contributed by atoms with Gasteiger partial charge in [0.25, 0.3) is 5.56 Å². The van der Waals surface area contributed by atoms with Gasteiger partial charge in [0, 0.05) is 21.6 Å². The number of benzene rings is 1. The van der Waals surface area contributed by atoms with Crippen LogP contribution in [0, 0.1) is 12.3 Å². The summed E-state index contributed by atoms with van der Waals surface area (Å²) in [5.74, 6) is 0.166. The van der Waals surface area contributed by atoms with Gasteiger partial charge in [-0.2, -0.15) is 0 Å². The predicted octanol–water partition coefficient (Wildman–Crippen LogP) is 3.59. The number of nitrogens with one attached hydrogen (secondary N) is 2. The van der Waals surface area contributed by atoms with Crippen molar-refractivity contribution in [3.63, 3.8) is 0 Å². The lowest BCUT2D eigenvalue weighted by Crippen LogP contribution is -2.34. The molecule has 1 aliphatic rings. The summed E-state index contributed by atoms with van der Waals surface area (Å²) in [4.78, 5) is 38.2. The van der Waals surface area contributed by atoms with E-state index in [1.54, 1.807) is 32.2 Å². The van der Waals surface area contributed by atoms with Crippen molar-refractivity contribution in [3.05, 3.63) is 73.5 Å². The Morgan fingerprint density at radius 3 is 2.73 bits per heavy atom. The van der Waals surface area contributed by atoms with E-state index in [2.05, 4.69) is 26.0 Å². The summed E-state index contributed by atoms with van der Waals surface area (Å²) in [7, 11) is -0.349. The Balaban J connectivity index is 1.70. The van der Waals surface area contributed by atoms with Crippen LogP contribution in [0.3, 0.4) is 0 Å². The number of halogens is 1.